The molecule has 2 nitrogen and oxygen atoms in total. The minimum Gasteiger partial charge on any atom is -0.289 e. The number of allylic oxidation sites excluding steroid dienone is 4. The lowest BCUT2D eigenvalue weighted by atomic mass is 9.81. The highest BCUT2D eigenvalue weighted by molar-refractivity contribution is 6.24. The Hall–Kier alpha value is -1.18. The van der Waals surface area contributed by atoms with Gasteiger partial charge < -0.3 is 0 Å². The summed E-state index contributed by atoms with van der Waals surface area (Å²) in [4.78, 5) is 12.0. The van der Waals surface area contributed by atoms with Crippen LogP contribution in [-0.4, -0.2) is 17.2 Å². The normalized spacial score (nSPS) is 24.6. The fourth-order valence-electron chi connectivity index (χ4n) is 2.35. The molecule has 16 heavy (non-hydrogen) atoms. The van der Waals surface area contributed by atoms with Gasteiger partial charge in [0.05, 0.1) is 11.1 Å². The van der Waals surface area contributed by atoms with Crippen molar-refractivity contribution in [1.82, 2.24) is 0 Å². The van der Waals surface area contributed by atoms with E-state index in [0.717, 1.165) is 40.9 Å². The second kappa shape index (κ2) is 3.41. The van der Waals surface area contributed by atoms with E-state index in [1.165, 1.54) is 0 Å². The molecular weight excluding hydrogens is 200 g/mol. The van der Waals surface area contributed by atoms with Crippen molar-refractivity contribution in [3.8, 4) is 0 Å². The van der Waals surface area contributed by atoms with Gasteiger partial charge in [-0.15, -0.1) is 0 Å². The number of Topliss-reactive ketones (excluding diaryl/α,β-unsaturated/α-hetero) is 1. The first kappa shape index (κ1) is 11.3. The van der Waals surface area contributed by atoms with E-state index in [4.69, 9.17) is 4.42 Å². The molecular formula is C14H19O2+. The Bertz CT molecular complexity index is 459. The van der Waals surface area contributed by atoms with Gasteiger partial charge in [0, 0.05) is 31.4 Å². The zero-order chi connectivity index (χ0) is 12.1. The largest absolute Gasteiger partial charge is 0.351 e. The molecule has 1 aliphatic carbocycles. The molecule has 0 saturated carbocycles. The van der Waals surface area contributed by atoms with E-state index < -0.39 is 0 Å². The van der Waals surface area contributed by atoms with Crippen LogP contribution < -0.4 is 0 Å². The maximum absolute atomic E-state index is 12.0. The highest BCUT2D eigenvalue weighted by atomic mass is 16.4. The summed E-state index contributed by atoms with van der Waals surface area (Å²) in [5, 5.41) is 0. The van der Waals surface area contributed by atoms with E-state index in [2.05, 4.69) is 13.8 Å². The molecule has 2 rings (SSSR count). The maximum atomic E-state index is 12.0. The summed E-state index contributed by atoms with van der Waals surface area (Å²) in [6, 6.07) is 0. The van der Waals surface area contributed by atoms with E-state index in [1.54, 1.807) is 0 Å². The standard InChI is InChI=1S/C14H19O2/c1-8-9(2)13-11(10(3)12(8)15)6-7-14(4,5)16-13/h6-7H2,1-5H3/q+1. The second-order valence-electron chi connectivity index (χ2n) is 5.37. The summed E-state index contributed by atoms with van der Waals surface area (Å²) in [6.07, 6.45) is 1.92. The van der Waals surface area contributed by atoms with Crippen LogP contribution in [0.4, 0.5) is 0 Å². The molecule has 2 aliphatic rings. The van der Waals surface area contributed by atoms with Gasteiger partial charge in [-0.2, -0.15) is 0 Å². The highest BCUT2D eigenvalue weighted by Gasteiger charge is 2.42. The van der Waals surface area contributed by atoms with E-state index in [9.17, 15) is 4.79 Å². The van der Waals surface area contributed by atoms with Crippen molar-refractivity contribution in [1.29, 1.82) is 0 Å². The van der Waals surface area contributed by atoms with E-state index in [-0.39, 0.29) is 11.4 Å². The van der Waals surface area contributed by atoms with Crippen LogP contribution in [0.1, 0.15) is 47.5 Å². The summed E-state index contributed by atoms with van der Waals surface area (Å²) < 4.78 is 6.03. The third-order valence-electron chi connectivity index (χ3n) is 3.67. The zero-order valence-electron chi connectivity index (χ0n) is 10.7. The van der Waals surface area contributed by atoms with Gasteiger partial charge in [-0.3, -0.25) is 4.79 Å². The molecule has 0 saturated heterocycles. The first-order valence-electron chi connectivity index (χ1n) is 5.82. The molecule has 0 aromatic rings. The summed E-state index contributed by atoms with van der Waals surface area (Å²) >= 11 is 0. The van der Waals surface area contributed by atoms with Crippen LogP contribution in [0.25, 0.3) is 0 Å². The summed E-state index contributed by atoms with van der Waals surface area (Å²) in [5.41, 5.74) is 3.72. The van der Waals surface area contributed by atoms with Crippen LogP contribution in [0.2, 0.25) is 0 Å². The lowest BCUT2D eigenvalue weighted by Gasteiger charge is -2.22. The molecule has 0 spiro atoms. The third kappa shape index (κ3) is 1.57. The van der Waals surface area contributed by atoms with Crippen LogP contribution in [0.5, 0.6) is 0 Å². The Morgan fingerprint density at radius 3 is 2.31 bits per heavy atom. The SMILES string of the molecule is CC1=C(C)C2=[O+]C(C)(C)CCC2=C(C)C1=O. The van der Waals surface area contributed by atoms with Gasteiger partial charge in [-0.05, 0) is 27.2 Å². The Labute approximate surface area is 96.7 Å². The molecule has 86 valence electrons. The van der Waals surface area contributed by atoms with Crippen molar-refractivity contribution < 1.29 is 9.22 Å². The smallest absolute Gasteiger partial charge is 0.289 e. The Kier molecular flexibility index (Phi) is 2.41. The Balaban J connectivity index is 2.63. The maximum Gasteiger partial charge on any atom is 0.351 e. The summed E-state index contributed by atoms with van der Waals surface area (Å²) in [6.45, 7) is 9.98. The first-order chi connectivity index (χ1) is 7.33. The number of fused-ring (bicyclic) bond motifs is 1. The van der Waals surface area contributed by atoms with Gasteiger partial charge in [0.1, 0.15) is 0 Å². The topological polar surface area (TPSA) is 28.4 Å². The number of hydrogen-bond donors (Lipinski definition) is 0. The molecule has 0 radical (unpaired) electrons. The first-order valence-corrected chi connectivity index (χ1v) is 5.82. The van der Waals surface area contributed by atoms with Gasteiger partial charge in [-0.1, -0.05) is 0 Å². The molecule has 0 atom stereocenters. The van der Waals surface area contributed by atoms with Crippen LogP contribution in [0.3, 0.4) is 0 Å². The molecule has 0 fully saturated rings. The van der Waals surface area contributed by atoms with Crippen molar-refractivity contribution in [3.63, 3.8) is 0 Å². The molecule has 0 unspecified atom stereocenters. The summed E-state index contributed by atoms with van der Waals surface area (Å²) in [7, 11) is 0. The molecule has 0 aromatic heterocycles. The van der Waals surface area contributed by atoms with Crippen LogP contribution in [0, 0.1) is 0 Å². The quantitative estimate of drug-likeness (QED) is 0.455. The van der Waals surface area contributed by atoms with Crippen LogP contribution in [-0.2, 0) is 9.22 Å². The number of rotatable bonds is 0. The Morgan fingerprint density at radius 1 is 1.06 bits per heavy atom. The summed E-state index contributed by atoms with van der Waals surface area (Å²) in [5.74, 6) is 1.13. The predicted molar refractivity (Wildman–Crippen MR) is 64.4 cm³/mol. The van der Waals surface area contributed by atoms with Gasteiger partial charge in [0.15, 0.2) is 5.78 Å². The molecule has 2 heteroatoms. The minimum absolute atomic E-state index is 0.110. The van der Waals surface area contributed by atoms with E-state index in [1.807, 2.05) is 20.8 Å². The molecule has 1 heterocycles. The molecule has 0 aromatic carbocycles. The average molecular weight is 219 g/mol. The van der Waals surface area contributed by atoms with Gasteiger partial charge in [0.25, 0.3) is 5.60 Å². The molecule has 0 bridgehead atoms. The predicted octanol–water partition coefficient (Wildman–Crippen LogP) is 2.90. The fourth-order valence-corrected chi connectivity index (χ4v) is 2.35. The van der Waals surface area contributed by atoms with Crippen molar-refractivity contribution in [3.05, 3.63) is 22.3 Å². The molecule has 0 N–H and O–H groups in total. The van der Waals surface area contributed by atoms with Gasteiger partial charge >= 0.3 is 5.78 Å². The Morgan fingerprint density at radius 2 is 1.69 bits per heavy atom. The van der Waals surface area contributed by atoms with Crippen LogP contribution >= 0.6 is 0 Å². The number of ketones is 2. The molecule has 1 aliphatic heterocycles. The lowest BCUT2D eigenvalue weighted by molar-refractivity contribution is -0.548. The van der Waals surface area contributed by atoms with E-state index in [0.29, 0.717) is 0 Å². The van der Waals surface area contributed by atoms with E-state index >= 15 is 0 Å². The minimum atomic E-state index is -0.110. The van der Waals surface area contributed by atoms with Gasteiger partial charge in [-0.25, -0.2) is 4.42 Å². The van der Waals surface area contributed by atoms with Gasteiger partial charge in [0.2, 0.25) is 0 Å². The number of carbonyl (C=O) groups excluding carboxylic acids is 2. The zero-order valence-corrected chi connectivity index (χ0v) is 10.7. The second-order valence-corrected chi connectivity index (χ2v) is 5.37. The van der Waals surface area contributed by atoms with Crippen molar-refractivity contribution in [2.45, 2.75) is 53.1 Å². The number of carbonyl (C=O) groups is 1. The van der Waals surface area contributed by atoms with Crippen LogP contribution in [0.15, 0.2) is 22.3 Å². The van der Waals surface area contributed by atoms with Crippen molar-refractivity contribution in [2.75, 3.05) is 0 Å². The average Bonchev–Trinajstić information content (AvgIpc) is 2.22. The monoisotopic (exact) mass is 219 g/mol. The van der Waals surface area contributed by atoms with Crippen molar-refractivity contribution >= 4 is 11.6 Å². The highest BCUT2D eigenvalue weighted by Crippen LogP contribution is 2.33. The molecule has 0 amide bonds. The number of hydrogen-bond acceptors (Lipinski definition) is 1. The third-order valence-corrected chi connectivity index (χ3v) is 3.67. The fraction of sp³-hybridized carbons (Fsp3) is 0.571. The lowest BCUT2D eigenvalue weighted by Crippen LogP contribution is -2.34. The van der Waals surface area contributed by atoms with Crippen molar-refractivity contribution in [2.24, 2.45) is 0 Å².